The second-order valence-electron chi connectivity index (χ2n) is 19.4. The van der Waals surface area contributed by atoms with Crippen molar-refractivity contribution in [3.63, 3.8) is 0 Å². The number of anilines is 1. The molecule has 0 bridgehead atoms. The fourth-order valence-corrected chi connectivity index (χ4v) is 9.94. The van der Waals surface area contributed by atoms with Crippen molar-refractivity contribution in [2.45, 2.75) is 324 Å². The van der Waals surface area contributed by atoms with Crippen LogP contribution in [0, 0.1) is 0 Å². The topological polar surface area (TPSA) is 55.1 Å². The lowest BCUT2D eigenvalue weighted by Gasteiger charge is -2.28. The molecule has 3 heteroatoms. The normalized spacial score (nSPS) is 11.6. The first kappa shape index (κ1) is 56.5. The largest absolute Gasteiger partial charge is 0.351 e. The van der Waals surface area contributed by atoms with Crippen LogP contribution in [-0.4, -0.2) is 6.03 Å². The number of carbonyl (C=O) groups is 1. The smallest absolute Gasteiger partial charge is 0.316 e. The van der Waals surface area contributed by atoms with Gasteiger partial charge in [0.2, 0.25) is 0 Å². The van der Waals surface area contributed by atoms with Gasteiger partial charge in [0.05, 0.1) is 0 Å². The summed E-state index contributed by atoms with van der Waals surface area (Å²) >= 11 is 0. The zero-order valence-corrected chi connectivity index (χ0v) is 41.8. The van der Waals surface area contributed by atoms with Crippen molar-refractivity contribution in [1.82, 2.24) is 0 Å². The van der Waals surface area contributed by atoms with Gasteiger partial charge in [0.1, 0.15) is 0 Å². The molecule has 3 N–H and O–H groups in total. The quantitative estimate of drug-likeness (QED) is 0.0632. The Morgan fingerprint density at radius 1 is 0.283 bits per heavy atom. The molecule has 0 radical (unpaired) electrons. The van der Waals surface area contributed by atoms with E-state index >= 15 is 0 Å². The first-order chi connectivity index (χ1) is 29.5. The van der Waals surface area contributed by atoms with E-state index in [0.717, 1.165) is 18.5 Å². The maximum Gasteiger partial charge on any atom is 0.316 e. The van der Waals surface area contributed by atoms with Gasteiger partial charge in [-0.05, 0) is 92.0 Å². The highest BCUT2D eigenvalue weighted by Gasteiger charge is 2.24. The van der Waals surface area contributed by atoms with E-state index < -0.39 is 0 Å². The van der Waals surface area contributed by atoms with Crippen molar-refractivity contribution < 1.29 is 4.79 Å². The number of nitrogens with one attached hydrogen (secondary N) is 1. The summed E-state index contributed by atoms with van der Waals surface area (Å²) in [5, 5.41) is 3.40. The van der Waals surface area contributed by atoms with Gasteiger partial charge in [0.15, 0.2) is 0 Å². The van der Waals surface area contributed by atoms with Gasteiger partial charge in [-0.25, -0.2) is 4.79 Å². The first-order valence-corrected chi connectivity index (χ1v) is 27.8. The number of primary amides is 1. The van der Waals surface area contributed by atoms with Gasteiger partial charge in [-0.2, -0.15) is 0 Å². The average Bonchev–Trinajstić information content (AvgIpc) is 3.24. The minimum Gasteiger partial charge on any atom is -0.351 e. The van der Waals surface area contributed by atoms with Crippen molar-refractivity contribution in [3.8, 4) is 0 Å². The number of nitrogens with two attached hydrogens (primary N) is 1. The second-order valence-corrected chi connectivity index (χ2v) is 19.4. The molecule has 0 aromatic heterocycles. The van der Waals surface area contributed by atoms with Crippen LogP contribution in [0.25, 0.3) is 0 Å². The van der Waals surface area contributed by atoms with Crippen molar-refractivity contribution >= 4 is 11.7 Å². The molecule has 0 atom stereocenters. The molecule has 0 heterocycles. The molecule has 1 aromatic carbocycles. The Hall–Kier alpha value is -1.51. The lowest BCUT2D eigenvalue weighted by Crippen LogP contribution is -2.24. The number of urea groups is 1. The summed E-state index contributed by atoms with van der Waals surface area (Å²) in [7, 11) is 0. The molecule has 0 saturated carbocycles. The maximum absolute atomic E-state index is 13.0. The van der Waals surface area contributed by atoms with Crippen molar-refractivity contribution in [2.75, 3.05) is 5.32 Å². The Bertz CT molecular complexity index is 1030. The number of benzene rings is 1. The standard InChI is InChI=1S/C57H108N2O/c1-6-11-16-21-26-31-36-41-46-51-52(47-42-37-32-27-22-17-12-7-2)54(49-44-39-34-29-24-19-14-9-4)56(59-57(58)60)55(50-45-40-35-30-25-20-15-10-5)53(51)48-43-38-33-28-23-18-13-8-3/h6-50H2,1-5H3,(H3,58,59,60). The van der Waals surface area contributed by atoms with Gasteiger partial charge in [-0.15, -0.1) is 0 Å². The molecular formula is C57H108N2O. The van der Waals surface area contributed by atoms with Crippen LogP contribution in [-0.2, 0) is 32.1 Å². The van der Waals surface area contributed by atoms with Crippen LogP contribution < -0.4 is 11.1 Å². The van der Waals surface area contributed by atoms with Gasteiger partial charge < -0.3 is 11.1 Å². The third-order valence-electron chi connectivity index (χ3n) is 13.7. The van der Waals surface area contributed by atoms with Crippen LogP contribution in [0.4, 0.5) is 10.5 Å². The molecule has 352 valence electrons. The number of hydrogen-bond acceptors (Lipinski definition) is 1. The summed E-state index contributed by atoms with van der Waals surface area (Å²) in [5.41, 5.74) is 15.3. The summed E-state index contributed by atoms with van der Waals surface area (Å²) in [4.78, 5) is 13.0. The SMILES string of the molecule is CCCCCCCCCCc1c(CCCCCCCCCC)c(CCCCCCCCCC)c(NC(N)=O)c(CCCCCCCCCC)c1CCCCCCCCCC. The van der Waals surface area contributed by atoms with E-state index in [1.54, 1.807) is 16.7 Å². The van der Waals surface area contributed by atoms with E-state index in [4.69, 9.17) is 5.73 Å². The second kappa shape index (κ2) is 42.8. The molecular weight excluding hydrogens is 729 g/mol. The number of hydrogen-bond donors (Lipinski definition) is 2. The van der Waals surface area contributed by atoms with Crippen LogP contribution in [0.15, 0.2) is 0 Å². The molecule has 60 heavy (non-hydrogen) atoms. The molecule has 2 amide bonds. The minimum absolute atomic E-state index is 0.365. The van der Waals surface area contributed by atoms with Crippen LogP contribution in [0.5, 0.6) is 0 Å². The summed E-state index contributed by atoms with van der Waals surface area (Å²) in [6.45, 7) is 11.6. The minimum atomic E-state index is -0.365. The molecule has 3 nitrogen and oxygen atoms in total. The Morgan fingerprint density at radius 3 is 0.650 bits per heavy atom. The number of carbonyl (C=O) groups excluding carboxylic acids is 1. The van der Waals surface area contributed by atoms with E-state index in [1.165, 1.54) is 287 Å². The molecule has 0 aliphatic rings. The van der Waals surface area contributed by atoms with Crippen molar-refractivity contribution in [3.05, 3.63) is 27.8 Å². The lowest BCUT2D eigenvalue weighted by molar-refractivity contribution is 0.259. The number of unbranched alkanes of at least 4 members (excludes halogenated alkanes) is 35. The molecule has 0 saturated heterocycles. The van der Waals surface area contributed by atoms with E-state index in [0.29, 0.717) is 0 Å². The molecule has 1 rings (SSSR count). The molecule has 0 aliphatic carbocycles. The highest BCUT2D eigenvalue weighted by Crippen LogP contribution is 2.38. The van der Waals surface area contributed by atoms with Gasteiger partial charge in [-0.1, -0.05) is 259 Å². The third kappa shape index (κ3) is 29.7. The summed E-state index contributed by atoms with van der Waals surface area (Å²) in [5.74, 6) is 0. The lowest BCUT2D eigenvalue weighted by atomic mass is 9.80. The zero-order valence-electron chi connectivity index (χ0n) is 41.8. The summed E-state index contributed by atoms with van der Waals surface area (Å²) < 4.78 is 0. The Labute approximate surface area is 377 Å². The van der Waals surface area contributed by atoms with Crippen LogP contribution in [0.1, 0.15) is 319 Å². The third-order valence-corrected chi connectivity index (χ3v) is 13.7. The van der Waals surface area contributed by atoms with Crippen molar-refractivity contribution in [2.24, 2.45) is 5.73 Å². The fraction of sp³-hybridized carbons (Fsp3) is 0.877. The Balaban J connectivity index is 3.60. The highest BCUT2D eigenvalue weighted by atomic mass is 16.2. The Kier molecular flexibility index (Phi) is 40.3. The van der Waals surface area contributed by atoms with Gasteiger partial charge in [0, 0.05) is 5.69 Å². The summed E-state index contributed by atoms with van der Waals surface area (Å²) in [6.07, 6.45) is 59.7. The number of amides is 2. The van der Waals surface area contributed by atoms with Gasteiger partial charge in [0.25, 0.3) is 0 Å². The molecule has 0 unspecified atom stereocenters. The molecule has 0 fully saturated rings. The van der Waals surface area contributed by atoms with Crippen molar-refractivity contribution in [1.29, 1.82) is 0 Å². The van der Waals surface area contributed by atoms with Crippen LogP contribution in [0.2, 0.25) is 0 Å². The fourth-order valence-electron chi connectivity index (χ4n) is 9.94. The van der Waals surface area contributed by atoms with Gasteiger partial charge >= 0.3 is 6.03 Å². The highest BCUT2D eigenvalue weighted by molar-refractivity contribution is 5.91. The van der Waals surface area contributed by atoms with Crippen LogP contribution >= 0.6 is 0 Å². The predicted molar refractivity (Wildman–Crippen MR) is 271 cm³/mol. The molecule has 0 spiro atoms. The molecule has 0 aliphatic heterocycles. The van der Waals surface area contributed by atoms with Gasteiger partial charge in [-0.3, -0.25) is 0 Å². The molecule has 1 aromatic rings. The van der Waals surface area contributed by atoms with E-state index in [9.17, 15) is 4.79 Å². The van der Waals surface area contributed by atoms with E-state index in [2.05, 4.69) is 39.9 Å². The predicted octanol–water partition coefficient (Wildman–Crippen LogP) is 19.6. The zero-order chi connectivity index (χ0) is 43.6. The Morgan fingerprint density at radius 2 is 0.450 bits per heavy atom. The van der Waals surface area contributed by atoms with Crippen LogP contribution in [0.3, 0.4) is 0 Å². The first-order valence-electron chi connectivity index (χ1n) is 27.8. The average molecular weight is 838 g/mol. The maximum atomic E-state index is 13.0. The monoisotopic (exact) mass is 837 g/mol. The number of rotatable bonds is 46. The van der Waals surface area contributed by atoms with E-state index in [1.807, 2.05) is 0 Å². The van der Waals surface area contributed by atoms with E-state index in [-0.39, 0.29) is 6.03 Å². The summed E-state index contributed by atoms with van der Waals surface area (Å²) in [6, 6.07) is -0.365.